The van der Waals surface area contributed by atoms with E-state index >= 15 is 0 Å². The summed E-state index contributed by atoms with van der Waals surface area (Å²) in [5.74, 6) is -0.408. The number of non-ortho nitro benzene ring substituents is 1. The molecule has 2 aromatic heterocycles. The van der Waals surface area contributed by atoms with Crippen LogP contribution < -0.4 is 15.9 Å². The monoisotopic (exact) mass is 384 g/mol. The predicted molar refractivity (Wildman–Crippen MR) is 104 cm³/mol. The first kappa shape index (κ1) is 19.1. The highest BCUT2D eigenvalue weighted by atomic mass is 16.6. The van der Waals surface area contributed by atoms with Crippen LogP contribution in [0.2, 0.25) is 0 Å². The molecule has 1 aromatic carbocycles. The van der Waals surface area contributed by atoms with E-state index < -0.39 is 10.8 Å². The summed E-state index contributed by atoms with van der Waals surface area (Å²) in [4.78, 5) is 36.9. The van der Waals surface area contributed by atoms with Crippen LogP contribution in [-0.2, 0) is 6.54 Å². The molecular weight excluding hydrogens is 364 g/mol. The third kappa shape index (κ3) is 3.85. The normalized spacial score (nSPS) is 10.8. The smallest absolute Gasteiger partial charge is 0.350 e. The maximum absolute atomic E-state index is 12.5. The second-order valence-electron chi connectivity index (χ2n) is 6.40. The lowest BCUT2D eigenvalue weighted by atomic mass is 10.1. The van der Waals surface area contributed by atoms with Gasteiger partial charge in [-0.3, -0.25) is 19.3 Å². The number of nitrogens with zero attached hydrogens (tertiary/aromatic N) is 5. The fourth-order valence-electron chi connectivity index (χ4n) is 2.85. The number of nitro groups is 1. The summed E-state index contributed by atoms with van der Waals surface area (Å²) < 4.78 is 2.80. The highest BCUT2D eigenvalue weighted by Crippen LogP contribution is 2.24. The first-order valence-corrected chi connectivity index (χ1v) is 8.66. The van der Waals surface area contributed by atoms with Gasteiger partial charge in [-0.15, -0.1) is 5.10 Å². The van der Waals surface area contributed by atoms with Crippen molar-refractivity contribution in [1.82, 2.24) is 19.5 Å². The lowest BCUT2D eigenvalue weighted by molar-refractivity contribution is -0.384. The van der Waals surface area contributed by atoms with Gasteiger partial charge in [-0.1, -0.05) is 6.07 Å². The summed E-state index contributed by atoms with van der Waals surface area (Å²) in [5, 5.41) is 18.0. The van der Waals surface area contributed by atoms with Crippen LogP contribution in [0.5, 0.6) is 0 Å². The molecule has 0 fully saturated rings. The van der Waals surface area contributed by atoms with Gasteiger partial charge in [0.25, 0.3) is 11.6 Å². The van der Waals surface area contributed by atoms with Crippen molar-refractivity contribution in [3.05, 3.63) is 68.8 Å². The fourth-order valence-corrected chi connectivity index (χ4v) is 2.85. The number of benzene rings is 1. The van der Waals surface area contributed by atoms with E-state index in [9.17, 15) is 19.7 Å². The molecule has 0 spiro atoms. The number of rotatable bonds is 7. The quantitative estimate of drug-likeness (QED) is 0.373. The summed E-state index contributed by atoms with van der Waals surface area (Å²) in [7, 11) is 3.52. The van der Waals surface area contributed by atoms with Crippen LogP contribution in [0.4, 0.5) is 11.4 Å². The molecule has 10 nitrogen and oxygen atoms in total. The third-order valence-electron chi connectivity index (χ3n) is 4.24. The predicted octanol–water partition coefficient (Wildman–Crippen LogP) is 1.29. The number of aryl methyl sites for hydroxylation is 1. The summed E-state index contributed by atoms with van der Waals surface area (Å²) in [5.41, 5.74) is 0.982. The second-order valence-corrected chi connectivity index (χ2v) is 6.40. The number of amides is 1. The zero-order valence-corrected chi connectivity index (χ0v) is 15.5. The first-order chi connectivity index (χ1) is 13.4. The Labute approximate surface area is 160 Å². The maximum Gasteiger partial charge on any atom is 0.350 e. The van der Waals surface area contributed by atoms with Crippen LogP contribution in [0, 0.1) is 10.1 Å². The molecule has 1 N–H and O–H groups in total. The Morgan fingerprint density at radius 2 is 2.07 bits per heavy atom. The Morgan fingerprint density at radius 1 is 1.29 bits per heavy atom. The molecule has 0 unspecified atom stereocenters. The van der Waals surface area contributed by atoms with Crippen molar-refractivity contribution in [3.63, 3.8) is 0 Å². The minimum Gasteiger partial charge on any atom is -0.377 e. The van der Waals surface area contributed by atoms with E-state index in [1.54, 1.807) is 49.5 Å². The number of nitro benzene ring substituents is 1. The molecule has 3 aromatic rings. The van der Waals surface area contributed by atoms with E-state index in [1.165, 1.54) is 21.2 Å². The van der Waals surface area contributed by atoms with Gasteiger partial charge >= 0.3 is 5.69 Å². The molecule has 2 heterocycles. The molecule has 0 bridgehead atoms. The van der Waals surface area contributed by atoms with Crippen molar-refractivity contribution in [2.24, 2.45) is 0 Å². The van der Waals surface area contributed by atoms with Gasteiger partial charge in [-0.25, -0.2) is 9.48 Å². The first-order valence-electron chi connectivity index (χ1n) is 8.66. The Hall–Kier alpha value is -3.69. The highest BCUT2D eigenvalue weighted by Gasteiger charge is 2.17. The van der Waals surface area contributed by atoms with Gasteiger partial charge in [0.1, 0.15) is 0 Å². The standard InChI is InChI=1S/C18H20N6O4/c1-21(2)15-8-7-13(24(27)28)12-14(15)17(25)19-9-5-11-23-18(26)22-10-4-3-6-16(22)20-23/h3-4,6-8,10,12H,5,9,11H2,1-2H3,(H,19,25). The largest absolute Gasteiger partial charge is 0.377 e. The molecule has 0 saturated heterocycles. The number of fused-ring (bicyclic) bond motifs is 1. The van der Waals surface area contributed by atoms with Crippen molar-refractivity contribution in [1.29, 1.82) is 0 Å². The van der Waals surface area contributed by atoms with Gasteiger partial charge in [0.05, 0.1) is 10.5 Å². The number of hydrogen-bond donors (Lipinski definition) is 1. The van der Waals surface area contributed by atoms with Crippen LogP contribution in [0.25, 0.3) is 5.65 Å². The Kier molecular flexibility index (Phi) is 5.39. The van der Waals surface area contributed by atoms with Crippen molar-refractivity contribution in [3.8, 4) is 0 Å². The SMILES string of the molecule is CN(C)c1ccc([N+](=O)[O-])cc1C(=O)NCCCn1nc2ccccn2c1=O. The van der Waals surface area contributed by atoms with Crippen LogP contribution in [-0.4, -0.2) is 45.7 Å². The minimum absolute atomic E-state index is 0.146. The zero-order valence-electron chi connectivity index (χ0n) is 15.5. The molecule has 0 atom stereocenters. The molecule has 10 heteroatoms. The van der Waals surface area contributed by atoms with E-state index in [2.05, 4.69) is 10.4 Å². The molecule has 0 aliphatic heterocycles. The molecule has 0 aliphatic carbocycles. The van der Waals surface area contributed by atoms with Gasteiger partial charge in [-0.2, -0.15) is 0 Å². The number of nitrogens with one attached hydrogen (secondary N) is 1. The second kappa shape index (κ2) is 7.91. The molecule has 0 aliphatic rings. The van der Waals surface area contributed by atoms with Crippen LogP contribution in [0.15, 0.2) is 47.4 Å². The van der Waals surface area contributed by atoms with Crippen molar-refractivity contribution in [2.75, 3.05) is 25.5 Å². The number of carbonyl (C=O) groups excluding carboxylic acids is 1. The van der Waals surface area contributed by atoms with Gasteiger partial charge in [-0.05, 0) is 24.6 Å². The molecule has 1 amide bonds. The average Bonchev–Trinajstić information content (AvgIpc) is 3.00. The molecule has 3 rings (SSSR count). The Balaban J connectivity index is 1.65. The van der Waals surface area contributed by atoms with E-state index in [-0.39, 0.29) is 16.9 Å². The van der Waals surface area contributed by atoms with E-state index in [1.807, 2.05) is 0 Å². The van der Waals surface area contributed by atoms with E-state index in [0.717, 1.165) is 0 Å². The van der Waals surface area contributed by atoms with Crippen LogP contribution in [0.3, 0.4) is 0 Å². The minimum atomic E-state index is -0.536. The summed E-state index contributed by atoms with van der Waals surface area (Å²) in [6, 6.07) is 9.46. The molecule has 28 heavy (non-hydrogen) atoms. The summed E-state index contributed by atoms with van der Waals surface area (Å²) in [6.07, 6.45) is 2.13. The highest BCUT2D eigenvalue weighted by molar-refractivity contribution is 6.00. The van der Waals surface area contributed by atoms with E-state index in [0.29, 0.717) is 30.8 Å². The van der Waals surface area contributed by atoms with E-state index in [4.69, 9.17) is 0 Å². The number of hydrogen-bond acceptors (Lipinski definition) is 6. The zero-order chi connectivity index (χ0) is 20.3. The van der Waals surface area contributed by atoms with Crippen molar-refractivity contribution >= 4 is 22.9 Å². The lowest BCUT2D eigenvalue weighted by Crippen LogP contribution is -2.28. The molecule has 0 saturated carbocycles. The number of carbonyl (C=O) groups is 1. The number of anilines is 1. The van der Waals surface area contributed by atoms with Gasteiger partial charge in [0.2, 0.25) is 0 Å². The average molecular weight is 384 g/mol. The van der Waals surface area contributed by atoms with Gasteiger partial charge in [0, 0.05) is 51.2 Å². The van der Waals surface area contributed by atoms with Crippen molar-refractivity contribution in [2.45, 2.75) is 13.0 Å². The van der Waals surface area contributed by atoms with Crippen molar-refractivity contribution < 1.29 is 9.72 Å². The Morgan fingerprint density at radius 3 is 2.75 bits per heavy atom. The molecule has 0 radical (unpaired) electrons. The fraction of sp³-hybridized carbons (Fsp3) is 0.278. The summed E-state index contributed by atoms with van der Waals surface area (Å²) in [6.45, 7) is 0.644. The topological polar surface area (TPSA) is 115 Å². The molecule has 146 valence electrons. The Bertz CT molecular complexity index is 1090. The number of aromatic nitrogens is 3. The summed E-state index contributed by atoms with van der Waals surface area (Å²) >= 11 is 0. The number of pyridine rings is 1. The lowest BCUT2D eigenvalue weighted by Gasteiger charge is -2.17. The van der Waals surface area contributed by atoms with Gasteiger partial charge in [0.15, 0.2) is 5.65 Å². The van der Waals surface area contributed by atoms with Gasteiger partial charge < -0.3 is 10.2 Å². The van der Waals surface area contributed by atoms with Crippen LogP contribution in [0.1, 0.15) is 16.8 Å². The molecular formula is C18H20N6O4. The van der Waals surface area contributed by atoms with Crippen LogP contribution >= 0.6 is 0 Å². The third-order valence-corrected chi connectivity index (χ3v) is 4.24. The maximum atomic E-state index is 12.5.